The number of hydrogen-bond donors (Lipinski definition) is 2. The maximum atomic E-state index is 13.2. The van der Waals surface area contributed by atoms with Gasteiger partial charge in [0, 0.05) is 12.8 Å². The predicted molar refractivity (Wildman–Crippen MR) is 59.0 cm³/mol. The van der Waals surface area contributed by atoms with E-state index < -0.39 is 21.5 Å². The molecule has 0 radical (unpaired) electrons. The van der Waals surface area contributed by atoms with Crippen molar-refractivity contribution in [1.82, 2.24) is 0 Å². The molecule has 0 aliphatic carbocycles. The van der Waals surface area contributed by atoms with Gasteiger partial charge in [0.1, 0.15) is 9.84 Å². The van der Waals surface area contributed by atoms with Crippen molar-refractivity contribution in [2.75, 3.05) is 29.6 Å². The molecule has 0 aromatic heterocycles. The fourth-order valence-corrected chi connectivity index (χ4v) is 1.58. The van der Waals surface area contributed by atoms with Gasteiger partial charge in [-0.25, -0.2) is 17.2 Å². The summed E-state index contributed by atoms with van der Waals surface area (Å²) in [5, 5.41) is 2.46. The van der Waals surface area contributed by atoms with Crippen LogP contribution >= 0.6 is 0 Å². The SMILES string of the molecule is CS(=O)(=O)CCNc1c(N)ccc(F)c1F. The summed E-state index contributed by atoms with van der Waals surface area (Å²) >= 11 is 0. The van der Waals surface area contributed by atoms with Crippen LogP contribution in [0, 0.1) is 11.6 Å². The summed E-state index contributed by atoms with van der Waals surface area (Å²) in [7, 11) is -3.15. The molecule has 0 heterocycles. The fourth-order valence-electron chi connectivity index (χ4n) is 1.11. The van der Waals surface area contributed by atoms with Crippen LogP contribution in [0.5, 0.6) is 0 Å². The number of sulfone groups is 1. The molecule has 0 unspecified atom stereocenters. The van der Waals surface area contributed by atoms with E-state index in [9.17, 15) is 17.2 Å². The first kappa shape index (κ1) is 12.7. The van der Waals surface area contributed by atoms with Gasteiger partial charge in [-0.05, 0) is 12.1 Å². The van der Waals surface area contributed by atoms with Crippen LogP contribution in [0.1, 0.15) is 0 Å². The van der Waals surface area contributed by atoms with Crippen LogP contribution in [0.3, 0.4) is 0 Å². The summed E-state index contributed by atoms with van der Waals surface area (Å²) in [6, 6.07) is 2.12. The normalized spacial score (nSPS) is 11.4. The fraction of sp³-hybridized carbons (Fsp3) is 0.333. The van der Waals surface area contributed by atoms with Crippen molar-refractivity contribution < 1.29 is 17.2 Å². The number of anilines is 2. The van der Waals surface area contributed by atoms with Gasteiger partial charge in [-0.15, -0.1) is 0 Å². The molecule has 0 aliphatic rings. The molecular weight excluding hydrogens is 238 g/mol. The first-order valence-electron chi connectivity index (χ1n) is 4.46. The summed E-state index contributed by atoms with van der Waals surface area (Å²) in [4.78, 5) is 0. The van der Waals surface area contributed by atoms with Gasteiger partial charge in [-0.2, -0.15) is 0 Å². The largest absolute Gasteiger partial charge is 0.397 e. The number of halogens is 2. The van der Waals surface area contributed by atoms with Gasteiger partial charge >= 0.3 is 0 Å². The molecule has 0 aliphatic heterocycles. The van der Waals surface area contributed by atoms with E-state index in [0.29, 0.717) is 0 Å². The lowest BCUT2D eigenvalue weighted by Crippen LogP contribution is -2.16. The molecule has 0 amide bonds. The zero-order valence-electron chi connectivity index (χ0n) is 8.63. The lowest BCUT2D eigenvalue weighted by atomic mass is 10.2. The molecule has 90 valence electrons. The molecule has 0 fully saturated rings. The van der Waals surface area contributed by atoms with Crippen LogP contribution in [0.25, 0.3) is 0 Å². The van der Waals surface area contributed by atoms with Crippen LogP contribution in [0.4, 0.5) is 20.2 Å². The smallest absolute Gasteiger partial charge is 0.183 e. The van der Waals surface area contributed by atoms with Gasteiger partial charge in [0.2, 0.25) is 0 Å². The second kappa shape index (κ2) is 4.65. The second-order valence-corrected chi connectivity index (χ2v) is 5.64. The topological polar surface area (TPSA) is 72.2 Å². The summed E-state index contributed by atoms with van der Waals surface area (Å²) < 4.78 is 47.7. The van der Waals surface area contributed by atoms with Crippen molar-refractivity contribution in [2.45, 2.75) is 0 Å². The number of rotatable bonds is 4. The van der Waals surface area contributed by atoms with Crippen molar-refractivity contribution in [3.63, 3.8) is 0 Å². The highest BCUT2D eigenvalue weighted by molar-refractivity contribution is 7.90. The highest BCUT2D eigenvalue weighted by atomic mass is 32.2. The van der Waals surface area contributed by atoms with Crippen molar-refractivity contribution in [2.24, 2.45) is 0 Å². The van der Waals surface area contributed by atoms with E-state index in [1.807, 2.05) is 0 Å². The second-order valence-electron chi connectivity index (χ2n) is 3.38. The van der Waals surface area contributed by atoms with Gasteiger partial charge in [0.15, 0.2) is 11.6 Å². The van der Waals surface area contributed by atoms with Gasteiger partial charge in [-0.1, -0.05) is 0 Å². The van der Waals surface area contributed by atoms with Crippen LogP contribution < -0.4 is 11.1 Å². The highest BCUT2D eigenvalue weighted by Gasteiger charge is 2.12. The molecule has 0 saturated carbocycles. The monoisotopic (exact) mass is 250 g/mol. The van der Waals surface area contributed by atoms with Crippen molar-refractivity contribution in [3.8, 4) is 0 Å². The number of nitrogen functional groups attached to an aromatic ring is 1. The Bertz CT molecular complexity index is 489. The van der Waals surface area contributed by atoms with Gasteiger partial charge in [0.25, 0.3) is 0 Å². The Hall–Kier alpha value is -1.37. The molecule has 4 nitrogen and oxygen atoms in total. The first-order valence-corrected chi connectivity index (χ1v) is 6.52. The molecule has 1 aromatic rings. The molecule has 0 bridgehead atoms. The maximum absolute atomic E-state index is 13.2. The minimum atomic E-state index is -3.15. The van der Waals surface area contributed by atoms with Gasteiger partial charge in [-0.3, -0.25) is 0 Å². The number of hydrogen-bond acceptors (Lipinski definition) is 4. The Morgan fingerprint density at radius 2 is 2.00 bits per heavy atom. The van der Waals surface area contributed by atoms with Crippen LogP contribution in [-0.2, 0) is 9.84 Å². The third kappa shape index (κ3) is 3.34. The van der Waals surface area contributed by atoms with Crippen LogP contribution in [0.15, 0.2) is 12.1 Å². The molecular formula is C9H12F2N2O2S. The zero-order chi connectivity index (χ0) is 12.3. The first-order chi connectivity index (χ1) is 7.31. The molecule has 0 atom stereocenters. The summed E-state index contributed by atoms with van der Waals surface area (Å²) in [5.74, 6) is -2.31. The van der Waals surface area contributed by atoms with Gasteiger partial charge in [0.05, 0.1) is 17.1 Å². The van der Waals surface area contributed by atoms with Crippen molar-refractivity contribution in [3.05, 3.63) is 23.8 Å². The third-order valence-corrected chi connectivity index (χ3v) is 2.85. The number of nitrogens with two attached hydrogens (primary N) is 1. The quantitative estimate of drug-likeness (QED) is 0.782. The average Bonchev–Trinajstić information content (AvgIpc) is 2.16. The molecule has 1 rings (SSSR count). The van der Waals surface area contributed by atoms with E-state index in [2.05, 4.69) is 5.32 Å². The van der Waals surface area contributed by atoms with Crippen molar-refractivity contribution in [1.29, 1.82) is 0 Å². The molecule has 1 aromatic carbocycles. The van der Waals surface area contributed by atoms with Crippen LogP contribution in [-0.4, -0.2) is 27.0 Å². The van der Waals surface area contributed by atoms with Crippen molar-refractivity contribution >= 4 is 21.2 Å². The number of nitrogens with one attached hydrogen (secondary N) is 1. The van der Waals surface area contributed by atoms with E-state index in [-0.39, 0.29) is 23.7 Å². The molecule has 3 N–H and O–H groups in total. The van der Waals surface area contributed by atoms with E-state index >= 15 is 0 Å². The number of benzene rings is 1. The lowest BCUT2D eigenvalue weighted by molar-refractivity contribution is 0.511. The Morgan fingerprint density at radius 3 is 2.56 bits per heavy atom. The van der Waals surface area contributed by atoms with Gasteiger partial charge < -0.3 is 11.1 Å². The summed E-state index contributed by atoms with van der Waals surface area (Å²) in [5.41, 5.74) is 5.25. The van der Waals surface area contributed by atoms with E-state index in [0.717, 1.165) is 12.3 Å². The molecule has 0 spiro atoms. The Labute approximate surface area is 92.4 Å². The Morgan fingerprint density at radius 1 is 1.38 bits per heavy atom. The minimum Gasteiger partial charge on any atom is -0.397 e. The van der Waals surface area contributed by atoms with E-state index in [4.69, 9.17) is 5.73 Å². The Balaban J connectivity index is 2.78. The minimum absolute atomic E-state index is 0.0244. The molecule has 0 saturated heterocycles. The highest BCUT2D eigenvalue weighted by Crippen LogP contribution is 2.24. The molecule has 7 heteroatoms. The predicted octanol–water partition coefficient (Wildman–Crippen LogP) is 1.00. The summed E-state index contributed by atoms with van der Waals surface area (Å²) in [6.45, 7) is -0.0244. The van der Waals surface area contributed by atoms with E-state index in [1.54, 1.807) is 0 Å². The third-order valence-electron chi connectivity index (χ3n) is 1.90. The maximum Gasteiger partial charge on any atom is 0.183 e. The van der Waals surface area contributed by atoms with Crippen LogP contribution in [0.2, 0.25) is 0 Å². The lowest BCUT2D eigenvalue weighted by Gasteiger charge is -2.10. The Kier molecular flexibility index (Phi) is 3.69. The van der Waals surface area contributed by atoms with E-state index in [1.165, 1.54) is 6.07 Å². The zero-order valence-corrected chi connectivity index (χ0v) is 9.44. The standard InChI is InChI=1S/C9H12F2N2O2S/c1-16(14,15)5-4-13-9-7(12)3-2-6(10)8(9)11/h2-3,13H,4-5,12H2,1H3. The summed E-state index contributed by atoms with van der Waals surface area (Å²) in [6.07, 6.45) is 1.06. The molecule has 16 heavy (non-hydrogen) atoms. The average molecular weight is 250 g/mol.